The van der Waals surface area contributed by atoms with Crippen LogP contribution in [-0.2, 0) is 21.1 Å². The highest BCUT2D eigenvalue weighted by molar-refractivity contribution is 5.99. The lowest BCUT2D eigenvalue weighted by Gasteiger charge is -2.59. The molecule has 3 aliphatic heterocycles. The Morgan fingerprint density at radius 2 is 1.56 bits per heavy atom. The van der Waals surface area contributed by atoms with Crippen LogP contribution in [0.2, 0.25) is 0 Å². The van der Waals surface area contributed by atoms with Crippen LogP contribution in [0.15, 0.2) is 42.9 Å². The van der Waals surface area contributed by atoms with E-state index in [1.165, 1.54) is 0 Å². The number of halogens is 3. The van der Waals surface area contributed by atoms with Crippen LogP contribution in [0.4, 0.5) is 30.8 Å². The smallest absolute Gasteiger partial charge is 0.434 e. The van der Waals surface area contributed by atoms with Gasteiger partial charge in [0, 0.05) is 81.2 Å². The Balaban J connectivity index is 1.00. The average Bonchev–Trinajstić information content (AvgIpc) is 3.48. The molecule has 3 aromatic rings. The number of anilines is 3. The van der Waals surface area contributed by atoms with Crippen molar-refractivity contribution in [1.29, 1.82) is 0 Å². The second-order valence-electron chi connectivity index (χ2n) is 15.9. The number of hydrogen-bond donors (Lipinski definition) is 2. The molecule has 2 saturated heterocycles. The second kappa shape index (κ2) is 12.9. The molecule has 2 N–H and O–H groups in total. The number of rotatable bonds is 6. The molecule has 10 rings (SSSR count). The van der Waals surface area contributed by atoms with Crippen LogP contribution in [0.1, 0.15) is 76.9 Å². The van der Waals surface area contributed by atoms with E-state index in [2.05, 4.69) is 25.3 Å². The number of aliphatic carboxylic acids is 1. The van der Waals surface area contributed by atoms with E-state index in [0.29, 0.717) is 107 Å². The summed E-state index contributed by atoms with van der Waals surface area (Å²) in [4.78, 5) is 62.9. The Morgan fingerprint density at radius 3 is 2.19 bits per heavy atom. The largest absolute Gasteiger partial charge is 0.479 e. The van der Waals surface area contributed by atoms with Crippen molar-refractivity contribution in [3.05, 3.63) is 65.2 Å². The molecule has 2 amide bonds. The fourth-order valence-electron chi connectivity index (χ4n) is 10.6. The fraction of sp³-hybridized carbons (Fsp3) is 0.553. The molecule has 13 nitrogen and oxygen atoms in total. The highest BCUT2D eigenvalue weighted by Gasteiger charge is 2.62. The third-order valence-corrected chi connectivity index (χ3v) is 13.0. The SMILES string of the molecule is O=C(NC1(C(=O)O)C2CC3CC(C2)CC1C3)c1cnc(N2CC3(CCOCC3)c3cc(C(=O)N4CCN(c5ncccn5)CC4)ccc32)nc1C(F)(F)F. The van der Waals surface area contributed by atoms with E-state index in [-0.39, 0.29) is 30.2 Å². The van der Waals surface area contributed by atoms with Crippen molar-refractivity contribution in [2.45, 2.75) is 62.1 Å². The third-order valence-electron chi connectivity index (χ3n) is 13.0. The minimum atomic E-state index is -5.03. The van der Waals surface area contributed by atoms with Crippen LogP contribution in [0, 0.1) is 23.7 Å². The number of carbonyl (C=O) groups excluding carboxylic acids is 2. The van der Waals surface area contributed by atoms with Crippen LogP contribution in [0.25, 0.3) is 0 Å². The van der Waals surface area contributed by atoms with Gasteiger partial charge in [-0.1, -0.05) is 0 Å². The van der Waals surface area contributed by atoms with Crippen LogP contribution in [0.3, 0.4) is 0 Å². The average molecular weight is 747 g/mol. The van der Waals surface area contributed by atoms with E-state index in [4.69, 9.17) is 4.74 Å². The number of amides is 2. The number of carboxylic acid groups (broad SMARTS) is 1. The van der Waals surface area contributed by atoms with E-state index in [0.717, 1.165) is 18.2 Å². The van der Waals surface area contributed by atoms with Crippen molar-refractivity contribution in [1.82, 2.24) is 30.2 Å². The maximum Gasteiger partial charge on any atom is 0.434 e. The molecular weight excluding hydrogens is 705 g/mol. The summed E-state index contributed by atoms with van der Waals surface area (Å²) in [6, 6.07) is 7.02. The number of carbonyl (C=O) groups is 3. The minimum absolute atomic E-state index is 0.142. The molecule has 1 aromatic carbocycles. The van der Waals surface area contributed by atoms with Gasteiger partial charge in [0.05, 0.1) is 5.56 Å². The van der Waals surface area contributed by atoms with E-state index >= 15 is 0 Å². The first-order chi connectivity index (χ1) is 25.9. The number of nitrogens with zero attached hydrogens (tertiary/aromatic N) is 7. The number of piperazine rings is 1. The number of nitrogens with one attached hydrogen (secondary N) is 1. The number of alkyl halides is 3. The fourth-order valence-corrected chi connectivity index (χ4v) is 10.6. The summed E-state index contributed by atoms with van der Waals surface area (Å²) in [6.45, 7) is 3.24. The van der Waals surface area contributed by atoms with Crippen molar-refractivity contribution >= 4 is 35.4 Å². The maximum atomic E-state index is 14.8. The minimum Gasteiger partial charge on any atom is -0.479 e. The van der Waals surface area contributed by atoms with Gasteiger partial charge in [-0.25, -0.2) is 24.7 Å². The summed E-state index contributed by atoms with van der Waals surface area (Å²) in [5.41, 5.74) is -2.50. The molecule has 6 fully saturated rings. The van der Waals surface area contributed by atoms with Crippen LogP contribution >= 0.6 is 0 Å². The Labute approximate surface area is 309 Å². The zero-order valence-corrected chi connectivity index (χ0v) is 29.6. The Bertz CT molecular complexity index is 1950. The molecule has 0 radical (unpaired) electrons. The number of hydrogen-bond acceptors (Lipinski definition) is 10. The van der Waals surface area contributed by atoms with Gasteiger partial charge in [-0.2, -0.15) is 13.2 Å². The molecule has 4 bridgehead atoms. The first-order valence-corrected chi connectivity index (χ1v) is 18.8. The predicted molar refractivity (Wildman–Crippen MR) is 187 cm³/mol. The van der Waals surface area contributed by atoms with Gasteiger partial charge in [-0.3, -0.25) is 9.59 Å². The van der Waals surface area contributed by atoms with E-state index in [1.54, 1.807) is 40.4 Å². The Morgan fingerprint density at radius 1 is 0.889 bits per heavy atom. The summed E-state index contributed by atoms with van der Waals surface area (Å²) >= 11 is 0. The van der Waals surface area contributed by atoms with Gasteiger partial charge >= 0.3 is 12.1 Å². The van der Waals surface area contributed by atoms with Crippen molar-refractivity contribution in [3.63, 3.8) is 0 Å². The topological polar surface area (TPSA) is 154 Å². The Kier molecular flexibility index (Phi) is 8.32. The van der Waals surface area contributed by atoms with Gasteiger partial charge in [-0.05, 0) is 98.4 Å². The van der Waals surface area contributed by atoms with Gasteiger partial charge in [-0.15, -0.1) is 0 Å². The standard InChI is InChI=1S/C38H41F3N8O5/c39-38(40,41)30-27(31(50)46-37(33(52)53)25-15-22-14-23(17-25)18-26(37)16-22)20-44-35(45-30)49-21-36(4-12-54-13-5-36)28-19-24(2-3-29(28)49)32(51)47-8-10-48(11-9-47)34-42-6-1-7-43-34/h1-3,6-7,19-20,22-23,25-26H,4-5,8-18,21H2,(H,46,50)(H,52,53). The molecular formula is C38H41F3N8O5. The molecule has 54 heavy (non-hydrogen) atoms. The monoisotopic (exact) mass is 746 g/mol. The van der Waals surface area contributed by atoms with Crippen molar-refractivity contribution in [3.8, 4) is 0 Å². The van der Waals surface area contributed by atoms with Crippen LogP contribution in [-0.4, -0.2) is 99.2 Å². The lowest BCUT2D eigenvalue weighted by molar-refractivity contribution is -0.163. The van der Waals surface area contributed by atoms with E-state index < -0.39 is 40.3 Å². The van der Waals surface area contributed by atoms with Crippen molar-refractivity contribution in [2.24, 2.45) is 23.7 Å². The summed E-state index contributed by atoms with van der Waals surface area (Å²) in [7, 11) is 0. The lowest BCUT2D eigenvalue weighted by atomic mass is 9.48. The molecule has 16 heteroatoms. The molecule has 7 aliphatic rings. The van der Waals surface area contributed by atoms with E-state index in [1.807, 2.05) is 11.0 Å². The van der Waals surface area contributed by atoms with Gasteiger partial charge in [0.2, 0.25) is 11.9 Å². The zero-order chi connectivity index (χ0) is 37.4. The summed E-state index contributed by atoms with van der Waals surface area (Å²) < 4.78 is 50.1. The first-order valence-electron chi connectivity index (χ1n) is 18.8. The number of ether oxygens (including phenoxy) is 1. The highest BCUT2D eigenvalue weighted by atomic mass is 19.4. The quantitative estimate of drug-likeness (QED) is 0.368. The first kappa shape index (κ1) is 34.9. The molecule has 284 valence electrons. The molecule has 1 spiro atoms. The molecule has 0 atom stereocenters. The van der Waals surface area contributed by atoms with Gasteiger partial charge in [0.25, 0.3) is 11.8 Å². The number of fused-ring (bicyclic) bond motifs is 2. The molecule has 0 unspecified atom stereocenters. The normalized spacial score (nSPS) is 28.3. The molecule has 5 heterocycles. The maximum absolute atomic E-state index is 14.8. The number of aromatic nitrogens is 4. The van der Waals surface area contributed by atoms with Crippen molar-refractivity contribution in [2.75, 3.05) is 55.7 Å². The Hall–Kier alpha value is -4.86. The zero-order valence-electron chi connectivity index (χ0n) is 29.6. The van der Waals surface area contributed by atoms with Gasteiger partial charge < -0.3 is 29.9 Å². The van der Waals surface area contributed by atoms with Crippen molar-refractivity contribution < 1.29 is 37.4 Å². The summed E-state index contributed by atoms with van der Waals surface area (Å²) in [5, 5.41) is 13.1. The molecule has 4 saturated carbocycles. The van der Waals surface area contributed by atoms with E-state index in [9.17, 15) is 32.7 Å². The number of benzene rings is 1. The lowest BCUT2D eigenvalue weighted by Crippen LogP contribution is -2.70. The van der Waals surface area contributed by atoms with Gasteiger partial charge in [0.1, 0.15) is 5.54 Å². The summed E-state index contributed by atoms with van der Waals surface area (Å²) in [6.07, 6.45) is 3.94. The molecule has 4 aliphatic carbocycles. The third kappa shape index (κ3) is 5.66. The number of carboxylic acids is 1. The van der Waals surface area contributed by atoms with Crippen LogP contribution < -0.4 is 15.1 Å². The van der Waals surface area contributed by atoms with Crippen LogP contribution in [0.5, 0.6) is 0 Å². The summed E-state index contributed by atoms with van der Waals surface area (Å²) in [5.74, 6) is -2.01. The predicted octanol–water partition coefficient (Wildman–Crippen LogP) is 4.46. The van der Waals surface area contributed by atoms with Gasteiger partial charge in [0.15, 0.2) is 5.69 Å². The molecule has 2 aromatic heterocycles. The highest BCUT2D eigenvalue weighted by Crippen LogP contribution is 2.58. The second-order valence-corrected chi connectivity index (χ2v) is 15.9.